The number of hydrogen-bond acceptors (Lipinski definition) is 3. The minimum Gasteiger partial charge on any atom is -0.507 e. The summed E-state index contributed by atoms with van der Waals surface area (Å²) in [4.78, 5) is 11.2. The zero-order valence-electron chi connectivity index (χ0n) is 11.9. The number of hydrogen-bond donors (Lipinski definition) is 3. The molecular formula is C16H17FN2O2. The highest BCUT2D eigenvalue weighted by molar-refractivity contribution is 5.94. The maximum atomic E-state index is 13.8. The van der Waals surface area contributed by atoms with E-state index in [0.29, 0.717) is 23.4 Å². The molecule has 0 aliphatic carbocycles. The Morgan fingerprint density at radius 3 is 2.71 bits per heavy atom. The molecule has 1 amide bonds. The zero-order valence-corrected chi connectivity index (χ0v) is 11.9. The van der Waals surface area contributed by atoms with Gasteiger partial charge in [0.1, 0.15) is 11.6 Å². The third-order valence-electron chi connectivity index (χ3n) is 3.42. The Hall–Kier alpha value is -2.56. The number of amides is 1. The predicted octanol–water partition coefficient (Wildman–Crippen LogP) is 2.86. The molecule has 0 unspecified atom stereocenters. The van der Waals surface area contributed by atoms with Gasteiger partial charge >= 0.3 is 0 Å². The summed E-state index contributed by atoms with van der Waals surface area (Å²) in [5, 5.41) is 13.0. The Balaban J connectivity index is 2.27. The lowest BCUT2D eigenvalue weighted by Gasteiger charge is -2.13. The molecule has 0 aromatic heterocycles. The summed E-state index contributed by atoms with van der Waals surface area (Å²) >= 11 is 0. The molecule has 110 valence electrons. The molecular weight excluding hydrogens is 271 g/mol. The molecule has 0 atom stereocenters. The first-order valence-electron chi connectivity index (χ1n) is 6.51. The molecule has 0 bridgehead atoms. The zero-order chi connectivity index (χ0) is 15.6. The normalized spacial score (nSPS) is 10.4. The van der Waals surface area contributed by atoms with E-state index in [4.69, 9.17) is 5.73 Å². The van der Waals surface area contributed by atoms with E-state index in [1.54, 1.807) is 26.0 Å². The van der Waals surface area contributed by atoms with Crippen molar-refractivity contribution in [3.05, 3.63) is 58.4 Å². The summed E-state index contributed by atoms with van der Waals surface area (Å²) in [5.74, 6) is -0.980. The van der Waals surface area contributed by atoms with Crippen LogP contribution in [0.2, 0.25) is 0 Å². The van der Waals surface area contributed by atoms with Gasteiger partial charge < -0.3 is 16.2 Å². The highest BCUT2D eigenvalue weighted by Gasteiger charge is 2.11. The standard InChI is InChI=1S/C16H17FN2O2/c1-9-4-3-5-11(15(9)20)8-19-14-7-12(16(18)21)6-13(17)10(14)2/h3-7,19-20H,8H2,1-2H3,(H2,18,21). The molecule has 0 aliphatic rings. The molecule has 2 rings (SSSR count). The number of carbonyl (C=O) groups is 1. The van der Waals surface area contributed by atoms with Crippen molar-refractivity contribution < 1.29 is 14.3 Å². The van der Waals surface area contributed by atoms with Gasteiger partial charge in [-0.15, -0.1) is 0 Å². The Labute approximate surface area is 122 Å². The van der Waals surface area contributed by atoms with Crippen molar-refractivity contribution in [2.45, 2.75) is 20.4 Å². The highest BCUT2D eigenvalue weighted by Crippen LogP contribution is 2.25. The van der Waals surface area contributed by atoms with Crippen LogP contribution in [-0.2, 0) is 6.54 Å². The molecule has 0 saturated heterocycles. The van der Waals surface area contributed by atoms with E-state index >= 15 is 0 Å². The van der Waals surface area contributed by atoms with Gasteiger partial charge in [0.25, 0.3) is 0 Å². The fourth-order valence-electron chi connectivity index (χ4n) is 2.06. The summed E-state index contributed by atoms with van der Waals surface area (Å²) in [6.07, 6.45) is 0. The van der Waals surface area contributed by atoms with Crippen LogP contribution in [0.5, 0.6) is 5.75 Å². The van der Waals surface area contributed by atoms with Crippen LogP contribution in [0.4, 0.5) is 10.1 Å². The number of phenolic OH excluding ortho intramolecular Hbond substituents is 1. The summed E-state index contributed by atoms with van der Waals surface area (Å²) < 4.78 is 13.8. The summed E-state index contributed by atoms with van der Waals surface area (Å²) in [6.45, 7) is 3.73. The van der Waals surface area contributed by atoms with Crippen molar-refractivity contribution in [3.8, 4) is 5.75 Å². The van der Waals surface area contributed by atoms with E-state index in [1.165, 1.54) is 6.07 Å². The fourth-order valence-corrected chi connectivity index (χ4v) is 2.06. The number of nitrogens with two attached hydrogens (primary N) is 1. The predicted molar refractivity (Wildman–Crippen MR) is 79.8 cm³/mol. The molecule has 0 aliphatic heterocycles. The van der Waals surface area contributed by atoms with Gasteiger partial charge in [-0.2, -0.15) is 0 Å². The van der Waals surface area contributed by atoms with Crippen LogP contribution >= 0.6 is 0 Å². The number of nitrogens with one attached hydrogen (secondary N) is 1. The monoisotopic (exact) mass is 288 g/mol. The van der Waals surface area contributed by atoms with Crippen LogP contribution in [0.3, 0.4) is 0 Å². The van der Waals surface area contributed by atoms with Gasteiger partial charge in [0.2, 0.25) is 5.91 Å². The first-order chi connectivity index (χ1) is 9.90. The van der Waals surface area contributed by atoms with Crippen molar-refractivity contribution in [2.75, 3.05) is 5.32 Å². The first kappa shape index (κ1) is 14.8. The molecule has 0 radical (unpaired) electrons. The van der Waals surface area contributed by atoms with Crippen LogP contribution in [0.15, 0.2) is 30.3 Å². The van der Waals surface area contributed by atoms with Gasteiger partial charge in [0, 0.05) is 28.9 Å². The molecule has 4 nitrogen and oxygen atoms in total. The maximum Gasteiger partial charge on any atom is 0.248 e. The SMILES string of the molecule is Cc1cccc(CNc2cc(C(N)=O)cc(F)c2C)c1O. The lowest BCUT2D eigenvalue weighted by Crippen LogP contribution is -2.13. The Kier molecular flexibility index (Phi) is 4.12. The Bertz CT molecular complexity index is 699. The number of aromatic hydroxyl groups is 1. The molecule has 5 heteroatoms. The van der Waals surface area contributed by atoms with Crippen LogP contribution in [0, 0.1) is 19.7 Å². The third kappa shape index (κ3) is 3.13. The summed E-state index contributed by atoms with van der Waals surface area (Å²) in [7, 11) is 0. The number of rotatable bonds is 4. The average molecular weight is 288 g/mol. The molecule has 21 heavy (non-hydrogen) atoms. The van der Waals surface area contributed by atoms with Crippen LogP contribution in [-0.4, -0.2) is 11.0 Å². The second-order valence-corrected chi connectivity index (χ2v) is 4.93. The number of para-hydroxylation sites is 1. The van der Waals surface area contributed by atoms with Gasteiger partial charge in [-0.05, 0) is 31.5 Å². The van der Waals surface area contributed by atoms with Gasteiger partial charge in [0.05, 0.1) is 0 Å². The van der Waals surface area contributed by atoms with E-state index < -0.39 is 11.7 Å². The van der Waals surface area contributed by atoms with Gasteiger partial charge in [-0.3, -0.25) is 4.79 Å². The van der Waals surface area contributed by atoms with E-state index in [-0.39, 0.29) is 11.3 Å². The molecule has 0 spiro atoms. The Morgan fingerprint density at radius 2 is 2.05 bits per heavy atom. The van der Waals surface area contributed by atoms with Crippen molar-refractivity contribution in [1.82, 2.24) is 0 Å². The van der Waals surface area contributed by atoms with Gasteiger partial charge in [-0.1, -0.05) is 18.2 Å². The van der Waals surface area contributed by atoms with Crippen molar-refractivity contribution >= 4 is 11.6 Å². The number of halogens is 1. The molecule has 0 heterocycles. The number of carbonyl (C=O) groups excluding carboxylic acids is 1. The fraction of sp³-hybridized carbons (Fsp3) is 0.188. The smallest absolute Gasteiger partial charge is 0.248 e. The van der Waals surface area contributed by atoms with Crippen molar-refractivity contribution in [2.24, 2.45) is 5.73 Å². The van der Waals surface area contributed by atoms with E-state index in [0.717, 1.165) is 11.6 Å². The number of anilines is 1. The summed E-state index contributed by atoms with van der Waals surface area (Å²) in [5.41, 5.74) is 7.62. The topological polar surface area (TPSA) is 75.3 Å². The van der Waals surface area contributed by atoms with Crippen LogP contribution < -0.4 is 11.1 Å². The van der Waals surface area contributed by atoms with Gasteiger partial charge in [0.15, 0.2) is 0 Å². The molecule has 2 aromatic carbocycles. The van der Waals surface area contributed by atoms with Crippen molar-refractivity contribution in [3.63, 3.8) is 0 Å². The number of primary amides is 1. The number of benzene rings is 2. The minimum absolute atomic E-state index is 0.106. The molecule has 0 fully saturated rings. The minimum atomic E-state index is -0.685. The molecule has 2 aromatic rings. The second-order valence-electron chi connectivity index (χ2n) is 4.93. The van der Waals surface area contributed by atoms with Crippen molar-refractivity contribution in [1.29, 1.82) is 0 Å². The van der Waals surface area contributed by atoms with Crippen LogP contribution in [0.1, 0.15) is 27.0 Å². The Morgan fingerprint density at radius 1 is 1.33 bits per heavy atom. The van der Waals surface area contributed by atoms with E-state index in [1.807, 2.05) is 6.07 Å². The summed E-state index contributed by atoms with van der Waals surface area (Å²) in [6, 6.07) is 8.04. The highest BCUT2D eigenvalue weighted by atomic mass is 19.1. The lowest BCUT2D eigenvalue weighted by atomic mass is 10.1. The number of phenols is 1. The lowest BCUT2D eigenvalue weighted by molar-refractivity contribution is 0.1000. The van der Waals surface area contributed by atoms with E-state index in [2.05, 4.69) is 5.32 Å². The third-order valence-corrected chi connectivity index (χ3v) is 3.42. The second kappa shape index (κ2) is 5.83. The quantitative estimate of drug-likeness (QED) is 0.809. The van der Waals surface area contributed by atoms with Gasteiger partial charge in [-0.25, -0.2) is 4.39 Å². The molecule has 4 N–H and O–H groups in total. The van der Waals surface area contributed by atoms with Crippen LogP contribution in [0.25, 0.3) is 0 Å². The number of aryl methyl sites for hydroxylation is 1. The first-order valence-corrected chi connectivity index (χ1v) is 6.51. The van der Waals surface area contributed by atoms with E-state index in [9.17, 15) is 14.3 Å². The largest absolute Gasteiger partial charge is 0.507 e. The average Bonchev–Trinajstić information content (AvgIpc) is 2.44. The maximum absolute atomic E-state index is 13.8. The molecule has 0 saturated carbocycles.